The van der Waals surface area contributed by atoms with Crippen LogP contribution in [0.1, 0.15) is 17.5 Å². The van der Waals surface area contributed by atoms with Gasteiger partial charge in [-0.2, -0.15) is 0 Å². The monoisotopic (exact) mass is 427 g/mol. The Morgan fingerprint density at radius 2 is 1.66 bits per heavy atom. The van der Waals surface area contributed by atoms with Gasteiger partial charge in [-0.1, -0.05) is 72.3 Å². The van der Waals surface area contributed by atoms with E-state index in [1.165, 1.54) is 0 Å². The number of hydrogen-bond donors (Lipinski definition) is 0. The molecule has 150 valence electrons. The summed E-state index contributed by atoms with van der Waals surface area (Å²) in [6, 6.07) is 21.0. The fourth-order valence-corrected chi connectivity index (χ4v) is 5.89. The maximum absolute atomic E-state index is 13.4. The van der Waals surface area contributed by atoms with Crippen molar-refractivity contribution in [3.05, 3.63) is 82.9 Å². The quantitative estimate of drug-likeness (QED) is 0.611. The number of fused-ring (bicyclic) bond motifs is 1. The van der Waals surface area contributed by atoms with Crippen LogP contribution in [0.25, 0.3) is 10.8 Å². The van der Waals surface area contributed by atoms with Crippen LogP contribution in [-0.2, 0) is 27.6 Å². The average Bonchev–Trinajstić information content (AvgIpc) is 3.07. The Labute approximate surface area is 176 Å². The molecule has 1 aliphatic rings. The summed E-state index contributed by atoms with van der Waals surface area (Å²) in [5, 5.41) is 2.70. The van der Waals surface area contributed by atoms with Gasteiger partial charge < -0.3 is 4.90 Å². The Bertz CT molecular complexity index is 1150. The van der Waals surface area contributed by atoms with Gasteiger partial charge in [-0.05, 0) is 34.4 Å². The number of benzene rings is 3. The molecule has 6 heteroatoms. The Morgan fingerprint density at radius 1 is 0.966 bits per heavy atom. The molecule has 1 saturated heterocycles. The van der Waals surface area contributed by atoms with Crippen molar-refractivity contribution in [3.8, 4) is 0 Å². The second kappa shape index (κ2) is 8.17. The van der Waals surface area contributed by atoms with Crippen LogP contribution in [0, 0.1) is 0 Å². The first kappa shape index (κ1) is 19.9. The summed E-state index contributed by atoms with van der Waals surface area (Å²) in [4.78, 5) is 15.1. The minimum absolute atomic E-state index is 0.0126. The van der Waals surface area contributed by atoms with Crippen LogP contribution < -0.4 is 0 Å². The van der Waals surface area contributed by atoms with Gasteiger partial charge in [0.2, 0.25) is 5.91 Å². The van der Waals surface area contributed by atoms with Crippen molar-refractivity contribution in [2.24, 2.45) is 0 Å². The number of rotatable bonds is 5. The predicted molar refractivity (Wildman–Crippen MR) is 117 cm³/mol. The Balaban J connectivity index is 1.64. The van der Waals surface area contributed by atoms with Crippen LogP contribution in [0.5, 0.6) is 0 Å². The highest BCUT2D eigenvalue weighted by Gasteiger charge is 2.35. The molecule has 3 aromatic carbocycles. The van der Waals surface area contributed by atoms with Gasteiger partial charge in [0.1, 0.15) is 0 Å². The number of hydrogen-bond acceptors (Lipinski definition) is 3. The molecule has 4 nitrogen and oxygen atoms in total. The number of sulfone groups is 1. The maximum Gasteiger partial charge on any atom is 0.227 e. The van der Waals surface area contributed by atoms with E-state index in [1.807, 2.05) is 60.7 Å². The third-order valence-corrected chi connectivity index (χ3v) is 7.61. The summed E-state index contributed by atoms with van der Waals surface area (Å²) in [6.07, 6.45) is 0.691. The maximum atomic E-state index is 13.4. The fraction of sp³-hybridized carbons (Fsp3) is 0.261. The smallest absolute Gasteiger partial charge is 0.227 e. The Kier molecular flexibility index (Phi) is 5.61. The predicted octanol–water partition coefficient (Wildman–Crippen LogP) is 4.25. The topological polar surface area (TPSA) is 54.5 Å². The van der Waals surface area contributed by atoms with Crippen molar-refractivity contribution in [3.63, 3.8) is 0 Å². The average molecular weight is 428 g/mol. The van der Waals surface area contributed by atoms with Crippen molar-refractivity contribution in [1.82, 2.24) is 4.90 Å². The summed E-state index contributed by atoms with van der Waals surface area (Å²) in [6.45, 7) is 0.309. The van der Waals surface area contributed by atoms with Crippen molar-refractivity contribution >= 4 is 38.1 Å². The molecule has 1 atom stereocenters. The Hall–Kier alpha value is -2.37. The number of nitrogens with zero attached hydrogens (tertiary/aromatic N) is 1. The zero-order chi connectivity index (χ0) is 20.4. The van der Waals surface area contributed by atoms with Gasteiger partial charge in [-0.15, -0.1) is 0 Å². The number of halogens is 1. The molecule has 0 saturated carbocycles. The molecule has 0 bridgehead atoms. The minimum Gasteiger partial charge on any atom is -0.334 e. The zero-order valence-electron chi connectivity index (χ0n) is 15.9. The van der Waals surface area contributed by atoms with Crippen molar-refractivity contribution < 1.29 is 13.2 Å². The first-order valence-corrected chi connectivity index (χ1v) is 11.8. The molecule has 1 aliphatic heterocycles. The molecule has 0 N–H and O–H groups in total. The molecule has 29 heavy (non-hydrogen) atoms. The summed E-state index contributed by atoms with van der Waals surface area (Å²) < 4.78 is 24.1. The van der Waals surface area contributed by atoms with Crippen molar-refractivity contribution in [1.29, 1.82) is 0 Å². The lowest BCUT2D eigenvalue weighted by Crippen LogP contribution is -2.41. The molecule has 0 aliphatic carbocycles. The first-order chi connectivity index (χ1) is 13.9. The van der Waals surface area contributed by atoms with Crippen LogP contribution in [0.3, 0.4) is 0 Å². The third kappa shape index (κ3) is 4.46. The van der Waals surface area contributed by atoms with E-state index in [-0.39, 0.29) is 29.9 Å². The lowest BCUT2D eigenvalue weighted by Gasteiger charge is -2.29. The van der Waals surface area contributed by atoms with Crippen LogP contribution >= 0.6 is 11.6 Å². The standard InChI is InChI=1S/C23H22ClNO3S/c24-22-11-4-2-7-19(22)15-25(20-12-13-29(27,28)16-20)23(26)14-18-9-5-8-17-6-1-3-10-21(17)18/h1-11,20H,12-16H2. The van der Waals surface area contributed by atoms with Crippen LogP contribution in [0.4, 0.5) is 0 Å². The van der Waals surface area contributed by atoms with Crippen molar-refractivity contribution in [2.45, 2.75) is 25.4 Å². The molecule has 3 aromatic rings. The largest absolute Gasteiger partial charge is 0.334 e. The number of carbonyl (C=O) groups is 1. The lowest BCUT2D eigenvalue weighted by atomic mass is 10.0. The summed E-state index contributed by atoms with van der Waals surface area (Å²) in [5.41, 5.74) is 1.77. The van der Waals surface area contributed by atoms with Crippen LogP contribution in [0.2, 0.25) is 5.02 Å². The summed E-state index contributed by atoms with van der Waals surface area (Å²) in [5.74, 6) is 0.0557. The Morgan fingerprint density at radius 3 is 2.41 bits per heavy atom. The molecule has 0 radical (unpaired) electrons. The third-order valence-electron chi connectivity index (χ3n) is 5.49. The van der Waals surface area contributed by atoms with Gasteiger partial charge in [-0.25, -0.2) is 8.42 Å². The van der Waals surface area contributed by atoms with E-state index in [0.717, 1.165) is 21.9 Å². The normalized spacial score (nSPS) is 18.0. The second-order valence-electron chi connectivity index (χ2n) is 7.48. The molecule has 0 spiro atoms. The molecule has 0 aromatic heterocycles. The number of carbonyl (C=O) groups excluding carboxylic acids is 1. The number of amides is 1. The van der Waals surface area contributed by atoms with E-state index in [9.17, 15) is 13.2 Å². The minimum atomic E-state index is -3.11. The summed E-state index contributed by atoms with van der Waals surface area (Å²) >= 11 is 6.32. The van der Waals surface area contributed by atoms with Gasteiger partial charge >= 0.3 is 0 Å². The molecular weight excluding hydrogens is 406 g/mol. The van der Waals surface area contributed by atoms with E-state index in [4.69, 9.17) is 11.6 Å². The van der Waals surface area contributed by atoms with Gasteiger partial charge in [0.15, 0.2) is 9.84 Å². The molecule has 1 unspecified atom stereocenters. The zero-order valence-corrected chi connectivity index (χ0v) is 17.5. The van der Waals surface area contributed by atoms with Crippen molar-refractivity contribution in [2.75, 3.05) is 11.5 Å². The van der Waals surface area contributed by atoms with E-state index >= 15 is 0 Å². The highest BCUT2D eigenvalue weighted by atomic mass is 35.5. The second-order valence-corrected chi connectivity index (χ2v) is 10.1. The highest BCUT2D eigenvalue weighted by molar-refractivity contribution is 7.91. The lowest BCUT2D eigenvalue weighted by molar-refractivity contribution is -0.133. The van der Waals surface area contributed by atoms with E-state index < -0.39 is 9.84 Å². The molecular formula is C23H22ClNO3S. The van der Waals surface area contributed by atoms with Gasteiger partial charge in [0.05, 0.1) is 17.9 Å². The molecule has 1 fully saturated rings. The molecule has 1 amide bonds. The first-order valence-electron chi connectivity index (χ1n) is 9.63. The van der Waals surface area contributed by atoms with E-state index in [1.54, 1.807) is 11.0 Å². The van der Waals surface area contributed by atoms with Crippen LogP contribution in [-0.4, -0.2) is 36.8 Å². The summed E-state index contributed by atoms with van der Waals surface area (Å²) in [7, 11) is -3.11. The van der Waals surface area contributed by atoms with Gasteiger partial charge in [0.25, 0.3) is 0 Å². The van der Waals surface area contributed by atoms with E-state index in [0.29, 0.717) is 18.0 Å². The van der Waals surface area contributed by atoms with Gasteiger partial charge in [-0.3, -0.25) is 4.79 Å². The SMILES string of the molecule is O=C(Cc1cccc2ccccc12)N(Cc1ccccc1Cl)C1CCS(=O)(=O)C1. The highest BCUT2D eigenvalue weighted by Crippen LogP contribution is 2.25. The molecule has 4 rings (SSSR count). The van der Waals surface area contributed by atoms with Gasteiger partial charge in [0, 0.05) is 17.6 Å². The fourth-order valence-electron chi connectivity index (χ4n) is 3.96. The van der Waals surface area contributed by atoms with Crippen LogP contribution in [0.15, 0.2) is 66.7 Å². The van der Waals surface area contributed by atoms with E-state index in [2.05, 4.69) is 0 Å². The molecule has 1 heterocycles.